The topological polar surface area (TPSA) is 76.3 Å². The summed E-state index contributed by atoms with van der Waals surface area (Å²) in [4.78, 5) is 28.7. The Kier molecular flexibility index (Phi) is 3.15. The second-order valence-corrected chi connectivity index (χ2v) is 6.00. The lowest BCUT2D eigenvalue weighted by molar-refractivity contribution is -0.384. The average molecular weight is 310 g/mol. The number of carbonyl (C=O) groups is 1. The molecule has 0 spiro atoms. The number of fused-ring (bicyclic) bond motifs is 1. The molecule has 0 atom stereocenters. The summed E-state index contributed by atoms with van der Waals surface area (Å²) < 4.78 is 0.426. The van der Waals surface area contributed by atoms with Gasteiger partial charge in [-0.05, 0) is 11.6 Å². The van der Waals surface area contributed by atoms with E-state index in [1.165, 1.54) is 23.5 Å². The van der Waals surface area contributed by atoms with Gasteiger partial charge in [0.25, 0.3) is 5.69 Å². The van der Waals surface area contributed by atoms with Gasteiger partial charge in [0.2, 0.25) is 5.91 Å². The van der Waals surface area contributed by atoms with Gasteiger partial charge in [0.1, 0.15) is 0 Å². The van der Waals surface area contributed by atoms with Crippen LogP contribution in [0.5, 0.6) is 0 Å². The summed E-state index contributed by atoms with van der Waals surface area (Å²) >= 11 is 7.08. The number of aromatic nitrogens is 1. The lowest BCUT2D eigenvalue weighted by Crippen LogP contribution is -2.25. The number of halogens is 1. The Balaban J connectivity index is 1.92. The van der Waals surface area contributed by atoms with Crippen LogP contribution in [-0.2, 0) is 17.8 Å². The zero-order chi connectivity index (χ0) is 14.3. The summed E-state index contributed by atoms with van der Waals surface area (Å²) in [6.45, 7) is 0.383. The van der Waals surface area contributed by atoms with Gasteiger partial charge in [0.05, 0.1) is 17.9 Å². The number of nitro groups is 1. The highest BCUT2D eigenvalue weighted by Crippen LogP contribution is 2.33. The van der Waals surface area contributed by atoms with Crippen molar-refractivity contribution in [1.29, 1.82) is 0 Å². The molecule has 3 rings (SSSR count). The average Bonchev–Trinajstić information content (AvgIpc) is 2.94. The van der Waals surface area contributed by atoms with Gasteiger partial charge in [-0.15, -0.1) is 11.3 Å². The van der Waals surface area contributed by atoms with Crippen LogP contribution < -0.4 is 4.90 Å². The number of benzene rings is 1. The van der Waals surface area contributed by atoms with Crippen LogP contribution >= 0.6 is 22.9 Å². The monoisotopic (exact) mass is 309 g/mol. The SMILES string of the molecule is O=C1Cc2cc([N+](=O)[O-])ccc2N1Cc1cnc(Cl)s1. The smallest absolute Gasteiger partial charge is 0.269 e. The number of non-ortho nitro benzene ring substituents is 1. The number of nitrogens with zero attached hydrogens (tertiary/aromatic N) is 3. The van der Waals surface area contributed by atoms with Crippen molar-refractivity contribution >= 4 is 40.2 Å². The van der Waals surface area contributed by atoms with Crippen molar-refractivity contribution in [2.24, 2.45) is 0 Å². The van der Waals surface area contributed by atoms with Crippen molar-refractivity contribution in [2.75, 3.05) is 4.90 Å². The second-order valence-electron chi connectivity index (χ2n) is 4.31. The van der Waals surface area contributed by atoms with Crippen molar-refractivity contribution in [2.45, 2.75) is 13.0 Å². The van der Waals surface area contributed by atoms with E-state index in [1.54, 1.807) is 17.2 Å². The molecule has 0 fully saturated rings. The summed E-state index contributed by atoms with van der Waals surface area (Å²) in [7, 11) is 0. The maximum Gasteiger partial charge on any atom is 0.269 e. The Hall–Kier alpha value is -1.99. The zero-order valence-corrected chi connectivity index (χ0v) is 11.6. The van der Waals surface area contributed by atoms with Gasteiger partial charge < -0.3 is 4.90 Å². The summed E-state index contributed by atoms with van der Waals surface area (Å²) in [5.74, 6) is -0.0787. The third-order valence-corrected chi connectivity index (χ3v) is 4.15. The van der Waals surface area contributed by atoms with Gasteiger partial charge >= 0.3 is 0 Å². The lowest BCUT2D eigenvalue weighted by Gasteiger charge is -2.15. The molecule has 2 heterocycles. The molecule has 1 amide bonds. The first-order valence-corrected chi connectivity index (χ1v) is 6.92. The van der Waals surface area contributed by atoms with E-state index in [0.717, 1.165) is 4.88 Å². The molecule has 1 aliphatic rings. The molecule has 0 unspecified atom stereocenters. The molecule has 1 aromatic heterocycles. The van der Waals surface area contributed by atoms with Gasteiger partial charge in [-0.2, -0.15) is 0 Å². The van der Waals surface area contributed by atoms with Crippen molar-refractivity contribution in [1.82, 2.24) is 4.98 Å². The van der Waals surface area contributed by atoms with Crippen LogP contribution in [0.1, 0.15) is 10.4 Å². The molecule has 2 aromatic rings. The minimum absolute atomic E-state index is 0.000709. The molecule has 0 aliphatic carbocycles. The molecule has 0 N–H and O–H groups in total. The summed E-state index contributed by atoms with van der Waals surface area (Å²) in [6, 6.07) is 4.47. The molecule has 8 heteroatoms. The number of carbonyl (C=O) groups excluding carboxylic acids is 1. The molecule has 0 bridgehead atoms. The summed E-state index contributed by atoms with van der Waals surface area (Å²) in [5.41, 5.74) is 1.39. The first kappa shape index (κ1) is 13.0. The fourth-order valence-electron chi connectivity index (χ4n) is 2.17. The highest BCUT2D eigenvalue weighted by Gasteiger charge is 2.29. The first-order valence-electron chi connectivity index (χ1n) is 5.72. The summed E-state index contributed by atoms with van der Waals surface area (Å²) in [5, 5.41) is 10.7. The molecular formula is C12H8ClN3O3S. The number of nitro benzene ring substituents is 1. The lowest BCUT2D eigenvalue weighted by atomic mass is 10.1. The molecule has 0 saturated carbocycles. The minimum Gasteiger partial charge on any atom is -0.307 e. The number of amides is 1. The fourth-order valence-corrected chi connectivity index (χ4v) is 3.14. The van der Waals surface area contributed by atoms with Crippen LogP contribution in [0.3, 0.4) is 0 Å². The van der Waals surface area contributed by atoms with E-state index in [-0.39, 0.29) is 18.0 Å². The number of thiazole rings is 1. The van der Waals surface area contributed by atoms with E-state index in [0.29, 0.717) is 22.3 Å². The molecular weight excluding hydrogens is 302 g/mol. The number of hydrogen-bond donors (Lipinski definition) is 0. The quantitative estimate of drug-likeness (QED) is 0.645. The van der Waals surface area contributed by atoms with Gasteiger partial charge in [0.15, 0.2) is 4.47 Å². The van der Waals surface area contributed by atoms with Crippen molar-refractivity contribution in [3.05, 3.63) is 49.4 Å². The maximum absolute atomic E-state index is 12.0. The Morgan fingerprint density at radius 2 is 2.30 bits per heavy atom. The van der Waals surface area contributed by atoms with E-state index in [1.807, 2.05) is 0 Å². The summed E-state index contributed by atoms with van der Waals surface area (Å²) in [6.07, 6.45) is 1.81. The van der Waals surface area contributed by atoms with E-state index < -0.39 is 4.92 Å². The highest BCUT2D eigenvalue weighted by atomic mass is 35.5. The number of rotatable bonds is 3. The highest BCUT2D eigenvalue weighted by molar-refractivity contribution is 7.15. The number of anilines is 1. The van der Waals surface area contributed by atoms with Gasteiger partial charge in [-0.3, -0.25) is 14.9 Å². The minimum atomic E-state index is -0.462. The molecule has 0 saturated heterocycles. The van der Waals surface area contributed by atoms with Gasteiger partial charge in [-0.1, -0.05) is 11.6 Å². The van der Waals surface area contributed by atoms with Crippen LogP contribution in [0.15, 0.2) is 24.4 Å². The van der Waals surface area contributed by atoms with Gasteiger partial charge in [-0.25, -0.2) is 4.98 Å². The standard InChI is InChI=1S/C12H8ClN3O3S/c13-12-14-5-9(20-12)6-15-10-2-1-8(16(18)19)3-7(10)4-11(15)17/h1-3,5H,4,6H2. The Morgan fingerprint density at radius 1 is 1.50 bits per heavy atom. The predicted octanol–water partition coefficient (Wildman–Crippen LogP) is 2.79. The van der Waals surface area contributed by atoms with Crippen LogP contribution in [0.2, 0.25) is 4.47 Å². The molecule has 6 nitrogen and oxygen atoms in total. The third-order valence-electron chi connectivity index (χ3n) is 3.05. The van der Waals surface area contributed by atoms with E-state index in [4.69, 9.17) is 11.6 Å². The third kappa shape index (κ3) is 2.25. The van der Waals surface area contributed by atoms with Crippen LogP contribution in [0.4, 0.5) is 11.4 Å². The fraction of sp³-hybridized carbons (Fsp3) is 0.167. The van der Waals surface area contributed by atoms with E-state index in [9.17, 15) is 14.9 Å². The van der Waals surface area contributed by atoms with Crippen molar-refractivity contribution in [3.8, 4) is 0 Å². The Morgan fingerprint density at radius 3 is 2.95 bits per heavy atom. The maximum atomic E-state index is 12.0. The largest absolute Gasteiger partial charge is 0.307 e. The van der Waals surface area contributed by atoms with Gasteiger partial charge in [0, 0.05) is 28.9 Å². The Labute approximate surface area is 122 Å². The Bertz CT molecular complexity index is 716. The molecule has 20 heavy (non-hydrogen) atoms. The second kappa shape index (κ2) is 4.84. The molecule has 1 aromatic carbocycles. The van der Waals surface area contributed by atoms with Crippen LogP contribution in [0.25, 0.3) is 0 Å². The van der Waals surface area contributed by atoms with Crippen molar-refractivity contribution in [3.63, 3.8) is 0 Å². The first-order chi connectivity index (χ1) is 9.54. The number of hydrogen-bond acceptors (Lipinski definition) is 5. The zero-order valence-electron chi connectivity index (χ0n) is 10.1. The normalized spacial score (nSPS) is 13.7. The molecule has 1 aliphatic heterocycles. The predicted molar refractivity (Wildman–Crippen MR) is 75.1 cm³/mol. The van der Waals surface area contributed by atoms with Crippen molar-refractivity contribution < 1.29 is 9.72 Å². The van der Waals surface area contributed by atoms with Crippen LogP contribution in [0, 0.1) is 10.1 Å². The van der Waals surface area contributed by atoms with E-state index in [2.05, 4.69) is 4.98 Å². The molecule has 102 valence electrons. The van der Waals surface area contributed by atoms with E-state index >= 15 is 0 Å². The molecule has 0 radical (unpaired) electrons. The van der Waals surface area contributed by atoms with Crippen LogP contribution in [-0.4, -0.2) is 15.8 Å².